The summed E-state index contributed by atoms with van der Waals surface area (Å²) >= 11 is 3.51. The van der Waals surface area contributed by atoms with Crippen molar-refractivity contribution in [2.75, 3.05) is 23.0 Å². The summed E-state index contributed by atoms with van der Waals surface area (Å²) in [5.41, 5.74) is 3.49. The summed E-state index contributed by atoms with van der Waals surface area (Å²) in [4.78, 5) is 4.56. The van der Waals surface area contributed by atoms with Crippen molar-refractivity contribution in [2.45, 2.75) is 49.2 Å². The Bertz CT molecular complexity index is 1410. The number of thioether (sulfide) groups is 2. The van der Waals surface area contributed by atoms with Crippen molar-refractivity contribution in [1.29, 1.82) is 0 Å². The van der Waals surface area contributed by atoms with Crippen LogP contribution in [0.3, 0.4) is 0 Å². The Morgan fingerprint density at radius 3 is 2.39 bits per heavy atom. The van der Waals surface area contributed by atoms with Gasteiger partial charge in [0, 0.05) is 27.5 Å². The number of nitrogens with zero attached hydrogens (tertiary/aromatic N) is 1. The van der Waals surface area contributed by atoms with Crippen LogP contribution in [0.2, 0.25) is 0 Å². The molecule has 2 heterocycles. The van der Waals surface area contributed by atoms with Crippen molar-refractivity contribution < 1.29 is 25.9 Å². The molecule has 206 valence electrons. The summed E-state index contributed by atoms with van der Waals surface area (Å²) in [7, 11) is -7.91. The van der Waals surface area contributed by atoms with Crippen LogP contribution in [-0.4, -0.2) is 49.2 Å². The number of fused-ring (bicyclic) bond motifs is 2. The molecule has 0 saturated carbocycles. The fraction of sp³-hybridized carbons (Fsp3) is 0.407. The Morgan fingerprint density at radius 2 is 1.66 bits per heavy atom. The normalized spacial score (nSPS) is 22.4. The minimum atomic E-state index is -3.96. The van der Waals surface area contributed by atoms with Crippen LogP contribution in [0.15, 0.2) is 86.7 Å². The van der Waals surface area contributed by atoms with Crippen molar-refractivity contribution in [3.63, 3.8) is 0 Å². The van der Waals surface area contributed by atoms with Gasteiger partial charge in [-0.15, -0.1) is 11.8 Å². The minimum absolute atomic E-state index is 0.217. The second kappa shape index (κ2) is 12.6. The summed E-state index contributed by atoms with van der Waals surface area (Å²) < 4.78 is 62.6. The fourth-order valence-corrected chi connectivity index (χ4v) is 8.65. The van der Waals surface area contributed by atoms with Crippen LogP contribution in [0, 0.1) is 5.92 Å². The maximum Gasteiger partial charge on any atom is 0.264 e. The smallest absolute Gasteiger partial charge is 0.264 e. The topological polar surface area (TPSA) is 112 Å². The largest absolute Gasteiger partial charge is 0.335 e. The molecule has 2 N–H and O–H groups in total. The average molecular weight is 596 g/mol. The number of anilines is 1. The molecule has 7 nitrogen and oxygen atoms in total. The van der Waals surface area contributed by atoms with E-state index in [1.54, 1.807) is 11.8 Å². The van der Waals surface area contributed by atoms with Crippen LogP contribution in [0.5, 0.6) is 0 Å². The highest BCUT2D eigenvalue weighted by Gasteiger charge is 2.32. The molecule has 0 amide bonds. The number of rotatable bonds is 12. The molecule has 2 atom stereocenters. The van der Waals surface area contributed by atoms with E-state index in [1.807, 2.05) is 23.9 Å². The standard InChI is InChI=1S/C27H33NO6S4/c1-20(18-26-22(11-6-8-16-37(29,30)31)21-10-2-4-13-24(21)35-26)19-27-28(15-7-9-17-38(32,33)34)23-12-3-5-14-25(23)36-27/h2-5,10,12-14,18-19,21,24H,6-9,11,15-17H2,1H3,(H,29,30,31)(H,32,33,34)/b20-18+,27-19-. The summed E-state index contributed by atoms with van der Waals surface area (Å²) in [6.07, 6.45) is 15.8. The highest BCUT2D eigenvalue weighted by Crippen LogP contribution is 2.49. The third-order valence-electron chi connectivity index (χ3n) is 6.55. The van der Waals surface area contributed by atoms with Gasteiger partial charge in [0.15, 0.2) is 0 Å². The number of para-hydroxylation sites is 1. The Hall–Kier alpha value is -1.76. The predicted molar refractivity (Wildman–Crippen MR) is 158 cm³/mol. The summed E-state index contributed by atoms with van der Waals surface area (Å²) in [6.45, 7) is 2.72. The zero-order valence-corrected chi connectivity index (χ0v) is 24.5. The predicted octanol–water partition coefficient (Wildman–Crippen LogP) is 6.22. The molecular weight excluding hydrogens is 563 g/mol. The first-order valence-corrected chi connectivity index (χ1v) is 17.5. The molecule has 3 aliphatic rings. The molecule has 0 fully saturated rings. The first kappa shape index (κ1) is 29.2. The second-order valence-corrected chi connectivity index (χ2v) is 15.0. The van der Waals surface area contributed by atoms with Crippen molar-refractivity contribution in [3.8, 4) is 0 Å². The van der Waals surface area contributed by atoms with Gasteiger partial charge in [0.2, 0.25) is 0 Å². The lowest BCUT2D eigenvalue weighted by molar-refractivity contribution is 0.477. The Morgan fingerprint density at radius 1 is 0.974 bits per heavy atom. The van der Waals surface area contributed by atoms with E-state index >= 15 is 0 Å². The van der Waals surface area contributed by atoms with Gasteiger partial charge >= 0.3 is 0 Å². The molecule has 0 saturated heterocycles. The van der Waals surface area contributed by atoms with Crippen molar-refractivity contribution in [3.05, 3.63) is 81.8 Å². The average Bonchev–Trinajstić information content (AvgIpc) is 3.35. The molecular formula is C27H33NO6S4. The van der Waals surface area contributed by atoms with Crippen molar-refractivity contribution in [2.24, 2.45) is 5.92 Å². The van der Waals surface area contributed by atoms with Crippen LogP contribution in [0.4, 0.5) is 5.69 Å². The first-order chi connectivity index (χ1) is 18.0. The number of allylic oxidation sites excluding steroid dienone is 7. The van der Waals surface area contributed by atoms with Crippen LogP contribution in [0.1, 0.15) is 39.0 Å². The van der Waals surface area contributed by atoms with Gasteiger partial charge < -0.3 is 4.90 Å². The number of hydrogen-bond donors (Lipinski definition) is 2. The molecule has 11 heteroatoms. The van der Waals surface area contributed by atoms with Crippen LogP contribution in [-0.2, 0) is 20.2 Å². The Labute approximate surface area is 234 Å². The SMILES string of the molecule is CC(/C=C1\Sc2ccccc2N1CCCCS(=O)(=O)O)=C\C1=C(CCCCS(=O)(=O)O)C2C=CC=CC2S1. The quantitative estimate of drug-likeness (QED) is 0.215. The molecule has 1 aromatic carbocycles. The van der Waals surface area contributed by atoms with Crippen LogP contribution >= 0.6 is 23.5 Å². The molecule has 4 rings (SSSR count). The van der Waals surface area contributed by atoms with Crippen LogP contribution in [0.25, 0.3) is 0 Å². The van der Waals surface area contributed by atoms with E-state index in [0.29, 0.717) is 37.5 Å². The van der Waals surface area contributed by atoms with E-state index in [2.05, 4.69) is 60.4 Å². The maximum atomic E-state index is 11.1. The molecule has 0 aromatic heterocycles. The van der Waals surface area contributed by atoms with Crippen molar-refractivity contribution in [1.82, 2.24) is 0 Å². The lowest BCUT2D eigenvalue weighted by atomic mass is 9.88. The highest BCUT2D eigenvalue weighted by molar-refractivity contribution is 8.04. The zero-order valence-electron chi connectivity index (χ0n) is 21.2. The molecule has 0 radical (unpaired) electrons. The van der Waals surface area contributed by atoms with E-state index in [9.17, 15) is 16.8 Å². The third kappa shape index (κ3) is 8.12. The van der Waals surface area contributed by atoms with E-state index in [0.717, 1.165) is 27.6 Å². The zero-order chi connectivity index (χ0) is 27.3. The minimum Gasteiger partial charge on any atom is -0.335 e. The molecule has 0 bridgehead atoms. The molecule has 2 aliphatic heterocycles. The Balaban J connectivity index is 1.53. The maximum absolute atomic E-state index is 11.1. The summed E-state index contributed by atoms with van der Waals surface area (Å²) in [5, 5.41) is 1.40. The number of unbranched alkanes of at least 4 members (excludes halogenated alkanes) is 2. The van der Waals surface area contributed by atoms with Gasteiger partial charge in [-0.3, -0.25) is 9.11 Å². The summed E-state index contributed by atoms with van der Waals surface area (Å²) in [5.74, 6) is -0.172. The lowest BCUT2D eigenvalue weighted by Crippen LogP contribution is -2.20. The lowest BCUT2D eigenvalue weighted by Gasteiger charge is -2.20. The molecule has 1 aliphatic carbocycles. The highest BCUT2D eigenvalue weighted by atomic mass is 32.2. The number of benzene rings is 1. The van der Waals surface area contributed by atoms with E-state index in [-0.39, 0.29) is 17.4 Å². The molecule has 38 heavy (non-hydrogen) atoms. The van der Waals surface area contributed by atoms with Gasteiger partial charge in [0.25, 0.3) is 20.2 Å². The molecule has 1 aromatic rings. The van der Waals surface area contributed by atoms with E-state index in [4.69, 9.17) is 9.11 Å². The van der Waals surface area contributed by atoms with Gasteiger partial charge in [0.1, 0.15) is 0 Å². The van der Waals surface area contributed by atoms with E-state index < -0.39 is 20.2 Å². The Kier molecular flexibility index (Phi) is 9.70. The molecule has 2 unspecified atom stereocenters. The second-order valence-electron chi connectivity index (χ2n) is 9.60. The number of hydrogen-bond acceptors (Lipinski definition) is 7. The van der Waals surface area contributed by atoms with Gasteiger partial charge in [-0.25, -0.2) is 0 Å². The van der Waals surface area contributed by atoms with Crippen molar-refractivity contribution >= 4 is 49.4 Å². The monoisotopic (exact) mass is 595 g/mol. The first-order valence-electron chi connectivity index (χ1n) is 12.6. The van der Waals surface area contributed by atoms with Gasteiger partial charge in [-0.1, -0.05) is 48.2 Å². The van der Waals surface area contributed by atoms with Crippen LogP contribution < -0.4 is 4.90 Å². The van der Waals surface area contributed by atoms with Gasteiger partial charge in [0.05, 0.1) is 22.2 Å². The van der Waals surface area contributed by atoms with Gasteiger partial charge in [-0.05, 0) is 74.5 Å². The fourth-order valence-electron chi connectivity index (χ4n) is 4.81. The summed E-state index contributed by atoms with van der Waals surface area (Å²) in [6, 6.07) is 8.14. The molecule has 0 spiro atoms. The van der Waals surface area contributed by atoms with E-state index in [1.165, 1.54) is 10.5 Å². The van der Waals surface area contributed by atoms with Gasteiger partial charge in [-0.2, -0.15) is 16.8 Å². The third-order valence-corrected chi connectivity index (χ3v) is 10.6.